The number of carboxylic acids is 1. The molecule has 0 spiro atoms. The van der Waals surface area contributed by atoms with Crippen molar-refractivity contribution < 1.29 is 18.3 Å². The van der Waals surface area contributed by atoms with E-state index in [4.69, 9.17) is 28.3 Å². The zero-order chi connectivity index (χ0) is 15.6. The highest BCUT2D eigenvalue weighted by molar-refractivity contribution is 7.90. The van der Waals surface area contributed by atoms with E-state index in [2.05, 4.69) is 4.72 Å². The van der Waals surface area contributed by atoms with E-state index in [0.717, 1.165) is 4.31 Å². The van der Waals surface area contributed by atoms with Crippen LogP contribution in [-0.4, -0.2) is 36.4 Å². The number of piperidine rings is 1. The lowest BCUT2D eigenvalue weighted by molar-refractivity contribution is -0.142. The van der Waals surface area contributed by atoms with E-state index in [1.165, 1.54) is 18.2 Å². The van der Waals surface area contributed by atoms with E-state index in [0.29, 0.717) is 24.3 Å². The zero-order valence-corrected chi connectivity index (χ0v) is 13.2. The molecule has 1 aromatic rings. The molecule has 9 heteroatoms. The fourth-order valence-electron chi connectivity index (χ4n) is 2.21. The minimum atomic E-state index is -3.99. The molecule has 1 aliphatic heterocycles. The van der Waals surface area contributed by atoms with Crippen molar-refractivity contribution in [2.75, 3.05) is 11.3 Å². The number of hydrogen-bond acceptors (Lipinski definition) is 3. The number of benzene rings is 1. The minimum Gasteiger partial charge on any atom is -0.480 e. The standard InChI is InChI=1S/C12H14Cl2N2O4S/c13-8-4-5-10(9(14)7-8)15-21(19,20)16-6-2-1-3-11(16)12(17)18/h4-5,7,11,15H,1-3,6H2,(H,17,18). The maximum Gasteiger partial charge on any atom is 0.322 e. The molecule has 1 aromatic carbocycles. The lowest BCUT2D eigenvalue weighted by Gasteiger charge is -2.32. The Morgan fingerprint density at radius 2 is 2.05 bits per heavy atom. The van der Waals surface area contributed by atoms with Gasteiger partial charge in [-0.05, 0) is 37.5 Å². The number of anilines is 1. The summed E-state index contributed by atoms with van der Waals surface area (Å²) in [6, 6.07) is 3.28. The molecule has 116 valence electrons. The molecule has 0 aromatic heterocycles. The maximum atomic E-state index is 12.4. The molecule has 6 nitrogen and oxygen atoms in total. The Hall–Kier alpha value is -1.02. The smallest absolute Gasteiger partial charge is 0.322 e. The van der Waals surface area contributed by atoms with Crippen molar-refractivity contribution in [1.29, 1.82) is 0 Å². The summed E-state index contributed by atoms with van der Waals surface area (Å²) in [5.41, 5.74) is 0.163. The van der Waals surface area contributed by atoms with E-state index in [1.54, 1.807) is 0 Å². The summed E-state index contributed by atoms with van der Waals surface area (Å²) in [6.07, 6.45) is 1.61. The van der Waals surface area contributed by atoms with E-state index >= 15 is 0 Å². The molecule has 0 amide bonds. The predicted molar refractivity (Wildman–Crippen MR) is 81.0 cm³/mol. The summed E-state index contributed by atoms with van der Waals surface area (Å²) in [5.74, 6) is -1.15. The van der Waals surface area contributed by atoms with Crippen LogP contribution in [0.15, 0.2) is 18.2 Å². The molecule has 0 bridgehead atoms. The molecule has 0 radical (unpaired) electrons. The van der Waals surface area contributed by atoms with Crippen molar-refractivity contribution in [3.8, 4) is 0 Å². The van der Waals surface area contributed by atoms with Gasteiger partial charge in [0.1, 0.15) is 6.04 Å². The number of hydrogen-bond donors (Lipinski definition) is 2. The van der Waals surface area contributed by atoms with Crippen LogP contribution in [0, 0.1) is 0 Å². The van der Waals surface area contributed by atoms with Crippen molar-refractivity contribution in [1.82, 2.24) is 4.31 Å². The third kappa shape index (κ3) is 3.79. The first-order valence-electron chi connectivity index (χ1n) is 6.29. The SMILES string of the molecule is O=C(O)C1CCCCN1S(=O)(=O)Nc1ccc(Cl)cc1Cl. The van der Waals surface area contributed by atoms with Crippen LogP contribution in [0.4, 0.5) is 5.69 Å². The Morgan fingerprint density at radius 1 is 1.33 bits per heavy atom. The molecule has 1 atom stereocenters. The van der Waals surface area contributed by atoms with Crippen LogP contribution in [0.3, 0.4) is 0 Å². The summed E-state index contributed by atoms with van der Waals surface area (Å²) in [7, 11) is -3.99. The van der Waals surface area contributed by atoms with Crippen molar-refractivity contribution in [3.05, 3.63) is 28.2 Å². The molecule has 1 unspecified atom stereocenters. The third-order valence-corrected chi connectivity index (χ3v) is 5.30. The molecule has 2 N–H and O–H groups in total. The van der Waals surface area contributed by atoms with Gasteiger partial charge >= 0.3 is 16.2 Å². The van der Waals surface area contributed by atoms with Gasteiger partial charge < -0.3 is 5.11 Å². The lowest BCUT2D eigenvalue weighted by Crippen LogP contribution is -2.49. The second-order valence-corrected chi connectivity index (χ2v) is 7.16. The van der Waals surface area contributed by atoms with E-state index in [-0.39, 0.29) is 17.3 Å². The second-order valence-electron chi connectivity index (χ2n) is 4.69. The van der Waals surface area contributed by atoms with Crippen LogP contribution in [-0.2, 0) is 15.0 Å². The highest BCUT2D eigenvalue weighted by atomic mass is 35.5. The third-order valence-electron chi connectivity index (χ3n) is 3.22. The van der Waals surface area contributed by atoms with E-state index in [9.17, 15) is 13.2 Å². The minimum absolute atomic E-state index is 0.148. The number of nitrogens with zero attached hydrogens (tertiary/aromatic N) is 1. The molecule has 1 heterocycles. The monoisotopic (exact) mass is 352 g/mol. The quantitative estimate of drug-likeness (QED) is 0.871. The van der Waals surface area contributed by atoms with Gasteiger partial charge in [0.05, 0.1) is 10.7 Å². The Labute approximate surface area is 132 Å². The summed E-state index contributed by atoms with van der Waals surface area (Å²) in [6.45, 7) is 0.164. The molecule has 1 aliphatic rings. The lowest BCUT2D eigenvalue weighted by atomic mass is 10.1. The molecular weight excluding hydrogens is 339 g/mol. The van der Waals surface area contributed by atoms with E-state index < -0.39 is 22.2 Å². The summed E-state index contributed by atoms with van der Waals surface area (Å²) in [4.78, 5) is 11.2. The van der Waals surface area contributed by atoms with Gasteiger partial charge in [0.15, 0.2) is 0 Å². The van der Waals surface area contributed by atoms with Gasteiger partial charge in [0, 0.05) is 11.6 Å². The molecule has 1 fully saturated rings. The normalized spacial score (nSPS) is 20.2. The average molecular weight is 353 g/mol. The number of carbonyl (C=O) groups is 1. The van der Waals surface area contributed by atoms with Crippen LogP contribution in [0.1, 0.15) is 19.3 Å². The first kappa shape index (κ1) is 16.4. The first-order chi connectivity index (χ1) is 9.81. The number of carboxylic acid groups (broad SMARTS) is 1. The van der Waals surface area contributed by atoms with Crippen LogP contribution < -0.4 is 4.72 Å². The molecule has 0 aliphatic carbocycles. The highest BCUT2D eigenvalue weighted by Crippen LogP contribution is 2.28. The van der Waals surface area contributed by atoms with Crippen molar-refractivity contribution in [2.45, 2.75) is 25.3 Å². The fraction of sp³-hybridized carbons (Fsp3) is 0.417. The molecule has 2 rings (SSSR count). The van der Waals surface area contributed by atoms with Gasteiger partial charge in [-0.3, -0.25) is 9.52 Å². The zero-order valence-electron chi connectivity index (χ0n) is 10.9. The number of aliphatic carboxylic acids is 1. The first-order valence-corrected chi connectivity index (χ1v) is 8.48. The Bertz CT molecular complexity index is 651. The Morgan fingerprint density at radius 3 is 2.67 bits per heavy atom. The maximum absolute atomic E-state index is 12.4. The predicted octanol–water partition coefficient (Wildman–Crippen LogP) is 2.59. The Balaban J connectivity index is 2.26. The van der Waals surface area contributed by atoms with Crippen molar-refractivity contribution in [3.63, 3.8) is 0 Å². The van der Waals surface area contributed by atoms with Crippen LogP contribution in [0.25, 0.3) is 0 Å². The van der Waals surface area contributed by atoms with Crippen LogP contribution in [0.2, 0.25) is 10.0 Å². The van der Waals surface area contributed by atoms with Gasteiger partial charge in [-0.1, -0.05) is 23.2 Å². The number of nitrogens with one attached hydrogen (secondary N) is 1. The van der Waals surface area contributed by atoms with Crippen LogP contribution in [0.5, 0.6) is 0 Å². The fourth-order valence-corrected chi connectivity index (χ4v) is 4.19. The van der Waals surface area contributed by atoms with Crippen molar-refractivity contribution in [2.24, 2.45) is 0 Å². The van der Waals surface area contributed by atoms with Gasteiger partial charge in [-0.25, -0.2) is 0 Å². The summed E-state index contributed by atoms with van der Waals surface area (Å²) in [5, 5.41) is 9.68. The Kier molecular flexibility index (Phi) is 4.98. The topological polar surface area (TPSA) is 86.7 Å². The molecule has 21 heavy (non-hydrogen) atoms. The van der Waals surface area contributed by atoms with Gasteiger partial charge in [-0.2, -0.15) is 12.7 Å². The molecule has 1 saturated heterocycles. The van der Waals surface area contributed by atoms with Gasteiger partial charge in [-0.15, -0.1) is 0 Å². The molecular formula is C12H14Cl2N2O4S. The van der Waals surface area contributed by atoms with Crippen LogP contribution >= 0.6 is 23.2 Å². The van der Waals surface area contributed by atoms with Gasteiger partial charge in [0.25, 0.3) is 0 Å². The van der Waals surface area contributed by atoms with Crippen molar-refractivity contribution >= 4 is 45.1 Å². The largest absolute Gasteiger partial charge is 0.480 e. The number of halogens is 2. The average Bonchev–Trinajstić information content (AvgIpc) is 2.42. The van der Waals surface area contributed by atoms with Gasteiger partial charge in [0.2, 0.25) is 0 Å². The highest BCUT2D eigenvalue weighted by Gasteiger charge is 2.36. The van der Waals surface area contributed by atoms with E-state index in [1.807, 2.05) is 0 Å². The molecule has 0 saturated carbocycles. The summed E-state index contributed by atoms with van der Waals surface area (Å²) >= 11 is 11.7. The second kappa shape index (κ2) is 6.39. The number of rotatable bonds is 4. The summed E-state index contributed by atoms with van der Waals surface area (Å²) < 4.78 is 28.0.